The van der Waals surface area contributed by atoms with Gasteiger partial charge in [0.05, 0.1) is 31.7 Å². The number of amides is 5. The van der Waals surface area contributed by atoms with Crippen LogP contribution in [0.1, 0.15) is 69.6 Å². The number of imide groups is 1. The molecular formula is C33H31B2FN4O11. The molecule has 3 aromatic carbocycles. The van der Waals surface area contributed by atoms with Gasteiger partial charge in [-0.1, -0.05) is 24.3 Å². The van der Waals surface area contributed by atoms with Gasteiger partial charge in [0.25, 0.3) is 23.6 Å². The van der Waals surface area contributed by atoms with Crippen LogP contribution in [0.4, 0.5) is 4.39 Å². The van der Waals surface area contributed by atoms with Gasteiger partial charge in [-0.15, -0.1) is 5.06 Å². The molecule has 0 saturated carbocycles. The van der Waals surface area contributed by atoms with E-state index in [1.165, 1.54) is 43.3 Å². The molecule has 0 unspecified atom stereocenters. The largest absolute Gasteiger partial charge is 0.491 e. The molecule has 15 nitrogen and oxygen atoms in total. The van der Waals surface area contributed by atoms with Gasteiger partial charge in [-0.2, -0.15) is 0 Å². The number of nitrogens with zero attached hydrogens (tertiary/aromatic N) is 1. The molecule has 6 rings (SSSR count). The van der Waals surface area contributed by atoms with E-state index in [-0.39, 0.29) is 42.7 Å². The third-order valence-electron chi connectivity index (χ3n) is 8.73. The molecule has 5 amide bonds. The lowest BCUT2D eigenvalue weighted by atomic mass is 9.78. The maximum absolute atomic E-state index is 14.1. The molecule has 3 aromatic rings. The van der Waals surface area contributed by atoms with Crippen LogP contribution in [0.25, 0.3) is 0 Å². The summed E-state index contributed by atoms with van der Waals surface area (Å²) in [6.07, 6.45) is -0.880. The number of halogens is 1. The Bertz CT molecular complexity index is 1900. The summed E-state index contributed by atoms with van der Waals surface area (Å²) < 4.78 is 24.2. The van der Waals surface area contributed by atoms with Gasteiger partial charge in [0.15, 0.2) is 0 Å². The Kier molecular flexibility index (Phi) is 10.3. The molecule has 3 aliphatic heterocycles. The maximum atomic E-state index is 14.1. The molecular weight excluding hydrogens is 669 g/mol. The van der Waals surface area contributed by atoms with E-state index in [1.807, 2.05) is 0 Å². The van der Waals surface area contributed by atoms with Crippen LogP contribution < -0.4 is 26.9 Å². The van der Waals surface area contributed by atoms with Crippen LogP contribution in [0, 0.1) is 5.82 Å². The lowest BCUT2D eigenvalue weighted by molar-refractivity contribution is -0.197. The standard InChI is InChI=1S/C33H31B2FN4O11/c1-17(37-31(44)19-2-4-21-15-49-34(47)24(21)12-19)30(39-32(45)20-3-5-22-16-50-35(48)25(22)13-20)33(46)38-26(18-6-8-23(36)9-7-18)14-29(43)51-40-27(41)10-11-28(40)42/h2-9,12-13,17,26,30,47-48H,10-11,14-16H2,1H3,(H,37,44)(H,38,46)(H,39,45)/t17-,26-,30-/m0/s1. The summed E-state index contributed by atoms with van der Waals surface area (Å²) in [5.41, 5.74) is 2.61. The van der Waals surface area contributed by atoms with Crippen molar-refractivity contribution < 1.29 is 57.4 Å². The van der Waals surface area contributed by atoms with E-state index >= 15 is 0 Å². The second-order valence-corrected chi connectivity index (χ2v) is 12.2. The second-order valence-electron chi connectivity index (χ2n) is 12.2. The third kappa shape index (κ3) is 7.83. The minimum absolute atomic E-state index is 0.0702. The summed E-state index contributed by atoms with van der Waals surface area (Å²) in [7, 11) is -2.46. The van der Waals surface area contributed by atoms with Crippen molar-refractivity contribution in [3.05, 3.63) is 94.3 Å². The van der Waals surface area contributed by atoms with Crippen molar-refractivity contribution in [1.29, 1.82) is 0 Å². The number of carbonyl (C=O) groups is 6. The highest BCUT2D eigenvalue weighted by Crippen LogP contribution is 2.21. The van der Waals surface area contributed by atoms with Crippen molar-refractivity contribution in [2.45, 2.75) is 57.5 Å². The topological polar surface area (TPSA) is 210 Å². The molecule has 3 heterocycles. The Labute approximate surface area is 290 Å². The highest BCUT2D eigenvalue weighted by molar-refractivity contribution is 6.62. The first kappa shape index (κ1) is 35.4. The molecule has 1 saturated heterocycles. The molecule has 0 radical (unpaired) electrons. The zero-order chi connectivity index (χ0) is 36.4. The molecule has 0 aromatic heterocycles. The van der Waals surface area contributed by atoms with Crippen LogP contribution in [-0.4, -0.2) is 76.9 Å². The van der Waals surface area contributed by atoms with Crippen LogP contribution in [-0.2, 0) is 46.5 Å². The predicted molar refractivity (Wildman–Crippen MR) is 175 cm³/mol. The summed E-state index contributed by atoms with van der Waals surface area (Å²) in [6, 6.07) is 10.1. The van der Waals surface area contributed by atoms with E-state index < -0.39 is 80.1 Å². The van der Waals surface area contributed by atoms with Crippen molar-refractivity contribution in [2.24, 2.45) is 0 Å². The Balaban J connectivity index is 1.25. The first-order chi connectivity index (χ1) is 24.4. The molecule has 5 N–H and O–H groups in total. The number of rotatable bonds is 11. The Morgan fingerprint density at radius 1 is 0.824 bits per heavy atom. The van der Waals surface area contributed by atoms with E-state index in [0.29, 0.717) is 27.1 Å². The molecule has 51 heavy (non-hydrogen) atoms. The van der Waals surface area contributed by atoms with Crippen LogP contribution in [0.2, 0.25) is 0 Å². The van der Waals surface area contributed by atoms with Crippen LogP contribution in [0.15, 0.2) is 60.7 Å². The Hall–Kier alpha value is -5.42. The van der Waals surface area contributed by atoms with Crippen molar-refractivity contribution >= 4 is 60.7 Å². The zero-order valence-electron chi connectivity index (χ0n) is 27.1. The summed E-state index contributed by atoms with van der Waals surface area (Å²) in [5, 5.41) is 28.6. The molecule has 18 heteroatoms. The normalized spacial score (nSPS) is 16.7. The fourth-order valence-electron chi connectivity index (χ4n) is 5.90. The monoisotopic (exact) mass is 700 g/mol. The van der Waals surface area contributed by atoms with Crippen molar-refractivity contribution in [3.8, 4) is 0 Å². The third-order valence-corrected chi connectivity index (χ3v) is 8.73. The highest BCUT2D eigenvalue weighted by atomic mass is 19.1. The second kappa shape index (κ2) is 14.8. The van der Waals surface area contributed by atoms with E-state index in [2.05, 4.69) is 16.0 Å². The molecule has 3 aliphatic rings. The number of fused-ring (bicyclic) bond motifs is 2. The Morgan fingerprint density at radius 3 is 1.90 bits per heavy atom. The molecule has 262 valence electrons. The van der Waals surface area contributed by atoms with Gasteiger partial charge in [-0.25, -0.2) is 9.18 Å². The first-order valence-electron chi connectivity index (χ1n) is 16.0. The predicted octanol–water partition coefficient (Wildman–Crippen LogP) is -0.967. The van der Waals surface area contributed by atoms with Gasteiger partial charge in [0, 0.05) is 24.0 Å². The SMILES string of the molecule is C[C@H](NC(=O)c1ccc2c(c1)B(O)OC2)[C@H](NC(=O)c1ccc2c(c1)B(O)OC2)C(=O)N[C@@H](CC(=O)ON1C(=O)CCC1=O)c1ccc(F)cc1. The molecule has 0 spiro atoms. The van der Waals surface area contributed by atoms with E-state index in [0.717, 1.165) is 12.1 Å². The van der Waals surface area contributed by atoms with Crippen molar-refractivity contribution in [2.75, 3.05) is 0 Å². The van der Waals surface area contributed by atoms with Gasteiger partial charge in [-0.05, 0) is 70.9 Å². The number of carbonyl (C=O) groups excluding carboxylic acids is 6. The van der Waals surface area contributed by atoms with E-state index in [9.17, 15) is 43.2 Å². The van der Waals surface area contributed by atoms with Gasteiger partial charge in [0.1, 0.15) is 11.9 Å². The Morgan fingerprint density at radius 2 is 1.35 bits per heavy atom. The number of hydrogen-bond acceptors (Lipinski definition) is 11. The van der Waals surface area contributed by atoms with Gasteiger partial charge >= 0.3 is 20.2 Å². The minimum atomic E-state index is -1.50. The molecule has 1 fully saturated rings. The average molecular weight is 700 g/mol. The number of hydroxylamine groups is 2. The van der Waals surface area contributed by atoms with Crippen LogP contribution in [0.5, 0.6) is 0 Å². The van der Waals surface area contributed by atoms with Gasteiger partial charge < -0.3 is 40.1 Å². The van der Waals surface area contributed by atoms with E-state index in [1.54, 1.807) is 12.1 Å². The molecule has 0 aliphatic carbocycles. The fourth-order valence-corrected chi connectivity index (χ4v) is 5.90. The molecule has 0 bridgehead atoms. The fraction of sp³-hybridized carbons (Fsp3) is 0.273. The number of hydrogen-bond donors (Lipinski definition) is 5. The average Bonchev–Trinajstić information content (AvgIpc) is 3.78. The minimum Gasteiger partial charge on any atom is -0.423 e. The first-order valence-corrected chi connectivity index (χ1v) is 16.0. The summed E-state index contributed by atoms with van der Waals surface area (Å²) in [6.45, 7) is 1.77. The van der Waals surface area contributed by atoms with Crippen molar-refractivity contribution in [1.82, 2.24) is 21.0 Å². The van der Waals surface area contributed by atoms with Gasteiger partial charge in [-0.3, -0.25) is 24.0 Å². The van der Waals surface area contributed by atoms with Gasteiger partial charge in [0.2, 0.25) is 5.91 Å². The summed E-state index contributed by atoms with van der Waals surface area (Å²) in [4.78, 5) is 83.0. The lowest BCUT2D eigenvalue weighted by Gasteiger charge is -2.28. The van der Waals surface area contributed by atoms with Crippen LogP contribution >= 0.6 is 0 Å². The number of nitrogens with one attached hydrogen (secondary N) is 3. The highest BCUT2D eigenvalue weighted by Gasteiger charge is 2.36. The van der Waals surface area contributed by atoms with Crippen LogP contribution in [0.3, 0.4) is 0 Å². The summed E-state index contributed by atoms with van der Waals surface area (Å²) >= 11 is 0. The maximum Gasteiger partial charge on any atom is 0.491 e. The number of benzene rings is 3. The zero-order valence-corrected chi connectivity index (χ0v) is 27.1. The summed E-state index contributed by atoms with van der Waals surface area (Å²) in [5.74, 6) is -5.35. The van der Waals surface area contributed by atoms with E-state index in [4.69, 9.17) is 14.1 Å². The quantitative estimate of drug-likeness (QED) is 0.121. The lowest BCUT2D eigenvalue weighted by Crippen LogP contribution is -2.58. The van der Waals surface area contributed by atoms with Crippen molar-refractivity contribution in [3.63, 3.8) is 0 Å². The molecule has 3 atom stereocenters. The smallest absolute Gasteiger partial charge is 0.423 e.